The van der Waals surface area contributed by atoms with Crippen LogP contribution in [0.3, 0.4) is 0 Å². The van der Waals surface area contributed by atoms with E-state index in [0.717, 1.165) is 50.9 Å². The molecule has 2 N–H and O–H groups in total. The number of aromatic nitrogens is 6. The van der Waals surface area contributed by atoms with Gasteiger partial charge in [-0.3, -0.25) is 15.1 Å². The van der Waals surface area contributed by atoms with E-state index >= 15 is 0 Å². The van der Waals surface area contributed by atoms with Crippen LogP contribution in [0.4, 0.5) is 4.39 Å². The lowest BCUT2D eigenvalue weighted by Crippen LogP contribution is -2.19. The Morgan fingerprint density at radius 2 is 1.84 bits per heavy atom. The van der Waals surface area contributed by atoms with E-state index < -0.39 is 0 Å². The molecule has 0 unspecified atom stereocenters. The Balaban J connectivity index is 1.38. The van der Waals surface area contributed by atoms with Crippen molar-refractivity contribution in [1.29, 1.82) is 0 Å². The van der Waals surface area contributed by atoms with Gasteiger partial charge in [0.15, 0.2) is 5.82 Å². The van der Waals surface area contributed by atoms with E-state index in [0.29, 0.717) is 23.9 Å². The molecule has 0 fully saturated rings. The van der Waals surface area contributed by atoms with Crippen molar-refractivity contribution in [2.75, 3.05) is 27.2 Å². The molecule has 0 aliphatic carbocycles. The van der Waals surface area contributed by atoms with Crippen LogP contribution in [-0.4, -0.2) is 62.3 Å². The summed E-state index contributed by atoms with van der Waals surface area (Å²) in [6, 6.07) is 16.2. The van der Waals surface area contributed by atoms with E-state index in [2.05, 4.69) is 30.0 Å². The molecule has 0 atom stereocenters. The van der Waals surface area contributed by atoms with Crippen molar-refractivity contribution in [3.05, 3.63) is 79.0 Å². The lowest BCUT2D eigenvalue weighted by Gasteiger charge is -2.11. The topological polar surface area (TPSA) is 95.6 Å². The van der Waals surface area contributed by atoms with Gasteiger partial charge in [0.2, 0.25) is 0 Å². The molecule has 0 saturated carbocycles. The molecular weight excluding hydrogens is 469 g/mol. The minimum Gasteiger partial charge on any atom is -0.491 e. The van der Waals surface area contributed by atoms with Crippen LogP contribution in [-0.2, 0) is 0 Å². The summed E-state index contributed by atoms with van der Waals surface area (Å²) in [4.78, 5) is 19.2. The number of imidazole rings is 1. The number of likely N-dealkylation sites (N-methyl/N-ethyl adjacent to an activating group) is 1. The van der Waals surface area contributed by atoms with Crippen molar-refractivity contribution in [3.8, 4) is 39.7 Å². The van der Waals surface area contributed by atoms with Crippen molar-refractivity contribution in [3.63, 3.8) is 0 Å². The number of halogens is 1. The largest absolute Gasteiger partial charge is 0.491 e. The Hall–Kier alpha value is -4.63. The lowest BCUT2D eigenvalue weighted by molar-refractivity contribution is 0.261. The first-order chi connectivity index (χ1) is 18.0. The SMILES string of the molecule is CN(C)CCOc1cncc(-c2cc3c(-c4nc5c(-c6cccc(F)c6)cccc5[nH]4)n[nH]c3cn2)c1. The van der Waals surface area contributed by atoms with Crippen LogP contribution >= 0.6 is 0 Å². The minimum atomic E-state index is -0.287. The van der Waals surface area contributed by atoms with E-state index in [1.54, 1.807) is 24.7 Å². The average Bonchev–Trinajstić information content (AvgIpc) is 3.52. The second kappa shape index (κ2) is 9.44. The number of hydrogen-bond acceptors (Lipinski definition) is 6. The molecule has 0 saturated heterocycles. The van der Waals surface area contributed by atoms with Crippen molar-refractivity contribution < 1.29 is 9.13 Å². The van der Waals surface area contributed by atoms with E-state index in [1.807, 2.05) is 50.5 Å². The third kappa shape index (κ3) is 4.52. The highest BCUT2D eigenvalue weighted by atomic mass is 19.1. The summed E-state index contributed by atoms with van der Waals surface area (Å²) in [6.45, 7) is 1.38. The normalized spacial score (nSPS) is 11.6. The van der Waals surface area contributed by atoms with Crippen molar-refractivity contribution >= 4 is 21.9 Å². The van der Waals surface area contributed by atoms with Crippen LogP contribution in [0.25, 0.3) is 55.8 Å². The van der Waals surface area contributed by atoms with Crippen LogP contribution in [0.1, 0.15) is 0 Å². The van der Waals surface area contributed by atoms with Gasteiger partial charge >= 0.3 is 0 Å². The number of ether oxygens (including phenoxy) is 1. The van der Waals surface area contributed by atoms with Crippen molar-refractivity contribution in [1.82, 2.24) is 35.0 Å². The van der Waals surface area contributed by atoms with Crippen LogP contribution in [0.5, 0.6) is 5.75 Å². The quantitative estimate of drug-likeness (QED) is 0.313. The first-order valence-electron chi connectivity index (χ1n) is 11.9. The smallest absolute Gasteiger partial charge is 0.159 e. The molecule has 37 heavy (non-hydrogen) atoms. The highest BCUT2D eigenvalue weighted by Gasteiger charge is 2.16. The lowest BCUT2D eigenvalue weighted by atomic mass is 10.0. The summed E-state index contributed by atoms with van der Waals surface area (Å²) in [7, 11) is 4.01. The molecule has 184 valence electrons. The van der Waals surface area contributed by atoms with Gasteiger partial charge in [0.1, 0.15) is 23.9 Å². The van der Waals surface area contributed by atoms with Gasteiger partial charge < -0.3 is 14.6 Å². The fourth-order valence-corrected chi connectivity index (χ4v) is 4.27. The van der Waals surface area contributed by atoms with E-state index in [9.17, 15) is 4.39 Å². The second-order valence-corrected chi connectivity index (χ2v) is 9.05. The number of nitrogens with one attached hydrogen (secondary N) is 2. The highest BCUT2D eigenvalue weighted by Crippen LogP contribution is 2.33. The fourth-order valence-electron chi connectivity index (χ4n) is 4.27. The minimum absolute atomic E-state index is 0.287. The Morgan fingerprint density at radius 3 is 2.70 bits per heavy atom. The van der Waals surface area contributed by atoms with Gasteiger partial charge in [0.05, 0.1) is 34.6 Å². The number of fused-ring (bicyclic) bond motifs is 2. The van der Waals surface area contributed by atoms with Crippen molar-refractivity contribution in [2.45, 2.75) is 0 Å². The van der Waals surface area contributed by atoms with Crippen LogP contribution < -0.4 is 4.74 Å². The summed E-state index contributed by atoms with van der Waals surface area (Å²) in [5, 5.41) is 8.44. The van der Waals surface area contributed by atoms with Gasteiger partial charge in [-0.1, -0.05) is 24.3 Å². The number of benzene rings is 2. The summed E-state index contributed by atoms with van der Waals surface area (Å²) in [5.74, 6) is 1.02. The second-order valence-electron chi connectivity index (χ2n) is 9.05. The van der Waals surface area contributed by atoms with E-state index in [-0.39, 0.29) is 5.82 Å². The van der Waals surface area contributed by atoms with Crippen LogP contribution in [0, 0.1) is 5.82 Å². The number of H-pyrrole nitrogens is 2. The predicted molar refractivity (Wildman–Crippen MR) is 142 cm³/mol. The zero-order chi connectivity index (χ0) is 25.4. The van der Waals surface area contributed by atoms with Crippen molar-refractivity contribution in [2.24, 2.45) is 0 Å². The number of aromatic amines is 2. The summed E-state index contributed by atoms with van der Waals surface area (Å²) in [6.07, 6.45) is 5.21. The van der Waals surface area contributed by atoms with Gasteiger partial charge in [-0.2, -0.15) is 5.10 Å². The summed E-state index contributed by atoms with van der Waals surface area (Å²) >= 11 is 0. The molecular formula is C28H24FN7O. The van der Waals surface area contributed by atoms with Crippen LogP contribution in [0.2, 0.25) is 0 Å². The van der Waals surface area contributed by atoms with E-state index in [4.69, 9.17) is 9.72 Å². The summed E-state index contributed by atoms with van der Waals surface area (Å²) in [5.41, 5.74) is 6.25. The van der Waals surface area contributed by atoms with Gasteiger partial charge in [-0.15, -0.1) is 0 Å². The zero-order valence-corrected chi connectivity index (χ0v) is 20.4. The van der Waals surface area contributed by atoms with Gasteiger partial charge in [-0.05, 0) is 50.0 Å². The molecule has 4 aromatic heterocycles. The molecule has 4 heterocycles. The van der Waals surface area contributed by atoms with Gasteiger partial charge in [0, 0.05) is 29.3 Å². The molecule has 6 aromatic rings. The first kappa shape index (κ1) is 22.8. The van der Waals surface area contributed by atoms with E-state index in [1.165, 1.54) is 12.1 Å². The first-order valence-corrected chi connectivity index (χ1v) is 11.9. The number of hydrogen-bond donors (Lipinski definition) is 2. The molecule has 6 rings (SSSR count). The standard InChI is InChI=1S/C28H24FN7O/c1-36(2)9-10-37-20-12-18(14-30-15-20)24-13-22-25(16-31-24)34-35-27(22)28-32-23-8-4-7-21(26(23)33-28)17-5-3-6-19(29)11-17/h3-8,11-16H,9-10H2,1-2H3,(H,32,33)(H,34,35). The number of para-hydroxylation sites is 1. The third-order valence-electron chi connectivity index (χ3n) is 6.14. The molecule has 0 aliphatic heterocycles. The zero-order valence-electron chi connectivity index (χ0n) is 20.4. The molecule has 0 bridgehead atoms. The fraction of sp³-hybridized carbons (Fsp3) is 0.143. The maximum Gasteiger partial charge on any atom is 0.159 e. The molecule has 0 aliphatic rings. The molecule has 2 aromatic carbocycles. The van der Waals surface area contributed by atoms with Gasteiger partial charge in [-0.25, -0.2) is 9.37 Å². The summed E-state index contributed by atoms with van der Waals surface area (Å²) < 4.78 is 19.7. The maximum atomic E-state index is 13.9. The number of rotatable bonds is 7. The van der Waals surface area contributed by atoms with Gasteiger partial charge in [0.25, 0.3) is 0 Å². The third-order valence-corrected chi connectivity index (χ3v) is 6.14. The Bertz CT molecular complexity index is 1720. The molecule has 9 heteroatoms. The molecule has 0 radical (unpaired) electrons. The Morgan fingerprint density at radius 1 is 0.946 bits per heavy atom. The number of nitrogens with zero attached hydrogens (tertiary/aromatic N) is 5. The Kier molecular flexibility index (Phi) is 5.82. The Labute approximate surface area is 212 Å². The molecule has 8 nitrogen and oxygen atoms in total. The highest BCUT2D eigenvalue weighted by molar-refractivity contribution is 5.97. The number of pyridine rings is 2. The average molecular weight is 494 g/mol. The maximum absolute atomic E-state index is 13.9. The molecule has 0 spiro atoms. The van der Waals surface area contributed by atoms with Crippen LogP contribution in [0.15, 0.2) is 73.2 Å². The predicted octanol–water partition coefficient (Wildman–Crippen LogP) is 5.31. The monoisotopic (exact) mass is 493 g/mol. The molecule has 0 amide bonds.